The summed E-state index contributed by atoms with van der Waals surface area (Å²) in [5.74, 6) is -0.00988. The summed E-state index contributed by atoms with van der Waals surface area (Å²) in [6.45, 7) is 3.51. The number of carbonyl (C=O) groups excluding carboxylic acids is 2. The van der Waals surface area contributed by atoms with Gasteiger partial charge >= 0.3 is 0 Å². The Morgan fingerprint density at radius 3 is 2.78 bits per heavy atom. The number of fused-ring (bicyclic) bond motifs is 1. The lowest BCUT2D eigenvalue weighted by Gasteiger charge is -2.23. The largest absolute Gasteiger partial charge is 0.381 e. The molecule has 2 aromatic heterocycles. The molecule has 0 radical (unpaired) electrons. The predicted octanol–water partition coefficient (Wildman–Crippen LogP) is 4.27. The number of amides is 2. The Morgan fingerprint density at radius 1 is 1.19 bits per heavy atom. The highest BCUT2D eigenvalue weighted by atomic mass is 35.5. The smallest absolute Gasteiger partial charge is 0.254 e. The van der Waals surface area contributed by atoms with Crippen molar-refractivity contribution < 1.29 is 14.3 Å². The van der Waals surface area contributed by atoms with Crippen LogP contribution in [-0.4, -0.2) is 57.5 Å². The van der Waals surface area contributed by atoms with Gasteiger partial charge in [0.25, 0.3) is 5.91 Å². The molecule has 0 unspecified atom stereocenters. The summed E-state index contributed by atoms with van der Waals surface area (Å²) < 4.78 is 5.41. The van der Waals surface area contributed by atoms with Crippen molar-refractivity contribution in [3.63, 3.8) is 0 Å². The fourth-order valence-electron chi connectivity index (χ4n) is 4.49. The van der Waals surface area contributed by atoms with Crippen LogP contribution in [0, 0.1) is 0 Å². The maximum Gasteiger partial charge on any atom is 0.254 e. The van der Waals surface area contributed by atoms with Crippen LogP contribution in [0.5, 0.6) is 0 Å². The van der Waals surface area contributed by atoms with E-state index in [4.69, 9.17) is 27.9 Å². The van der Waals surface area contributed by atoms with Crippen molar-refractivity contribution in [1.82, 2.24) is 25.2 Å². The van der Waals surface area contributed by atoms with Gasteiger partial charge in [-0.1, -0.05) is 35.3 Å². The molecular formula is C26H26Cl2N6O3. The Labute approximate surface area is 224 Å². The summed E-state index contributed by atoms with van der Waals surface area (Å²) in [6.07, 6.45) is 4.92. The first kappa shape index (κ1) is 25.4. The number of rotatable bonds is 7. The summed E-state index contributed by atoms with van der Waals surface area (Å²) in [4.78, 5) is 40.5. The molecule has 0 saturated carbocycles. The third-order valence-electron chi connectivity index (χ3n) is 6.46. The molecule has 2 amide bonds. The first-order valence-electron chi connectivity index (χ1n) is 12.1. The molecule has 5 rings (SSSR count). The molecule has 1 aromatic carbocycles. The fraction of sp³-hybridized carbons (Fsp3) is 0.346. The maximum absolute atomic E-state index is 13.2. The van der Waals surface area contributed by atoms with E-state index in [1.54, 1.807) is 30.6 Å². The highest BCUT2D eigenvalue weighted by molar-refractivity contribution is 6.33. The lowest BCUT2D eigenvalue weighted by Crippen LogP contribution is -2.38. The molecule has 4 heterocycles. The second-order valence-electron chi connectivity index (χ2n) is 9.14. The van der Waals surface area contributed by atoms with Gasteiger partial charge < -0.3 is 20.3 Å². The average molecular weight is 541 g/mol. The highest BCUT2D eigenvalue weighted by Gasteiger charge is 2.30. The molecule has 9 nitrogen and oxygen atoms in total. The van der Waals surface area contributed by atoms with Crippen LogP contribution in [0.15, 0.2) is 42.7 Å². The quantitative estimate of drug-likeness (QED) is 0.460. The van der Waals surface area contributed by atoms with Gasteiger partial charge in [0.1, 0.15) is 6.54 Å². The number of ether oxygens (including phenoxy) is 1. The van der Waals surface area contributed by atoms with Crippen LogP contribution in [0.25, 0.3) is 11.3 Å². The van der Waals surface area contributed by atoms with Crippen LogP contribution in [0.2, 0.25) is 10.0 Å². The van der Waals surface area contributed by atoms with Crippen molar-refractivity contribution in [2.45, 2.75) is 38.4 Å². The van der Waals surface area contributed by atoms with E-state index >= 15 is 0 Å². The summed E-state index contributed by atoms with van der Waals surface area (Å²) in [5.41, 5.74) is 3.27. The van der Waals surface area contributed by atoms with E-state index in [9.17, 15) is 9.59 Å². The molecule has 1 saturated heterocycles. The Bertz CT molecular complexity index is 1330. The van der Waals surface area contributed by atoms with Crippen molar-refractivity contribution in [3.8, 4) is 11.3 Å². The molecule has 2 aliphatic rings. The monoisotopic (exact) mass is 540 g/mol. The molecule has 37 heavy (non-hydrogen) atoms. The molecular weight excluding hydrogens is 515 g/mol. The number of aromatic nitrogens is 3. The molecule has 2 N–H and O–H groups in total. The zero-order valence-corrected chi connectivity index (χ0v) is 21.7. The minimum atomic E-state index is -0.346. The van der Waals surface area contributed by atoms with Crippen LogP contribution in [-0.2, 0) is 16.1 Å². The summed E-state index contributed by atoms with van der Waals surface area (Å²) in [7, 11) is 0. The van der Waals surface area contributed by atoms with Crippen molar-refractivity contribution >= 4 is 41.0 Å². The molecule has 0 spiro atoms. The first-order chi connectivity index (χ1) is 17.9. The zero-order chi connectivity index (χ0) is 25.9. The van der Waals surface area contributed by atoms with Gasteiger partial charge in [-0.2, -0.15) is 0 Å². The third kappa shape index (κ3) is 5.84. The van der Waals surface area contributed by atoms with E-state index in [0.29, 0.717) is 58.3 Å². The van der Waals surface area contributed by atoms with Gasteiger partial charge in [0.15, 0.2) is 0 Å². The van der Waals surface area contributed by atoms with Crippen molar-refractivity contribution in [1.29, 1.82) is 0 Å². The minimum Gasteiger partial charge on any atom is -0.381 e. The number of hydrogen-bond acceptors (Lipinski definition) is 7. The SMILES string of the molecule is C[C@@H](NC(=O)CN1Cc2ccc(-c3nc(NC4CCOCC4)ncc3Cl)cc2C1=O)c1cc(Cl)ccn1. The molecule has 3 aromatic rings. The van der Waals surface area contributed by atoms with Crippen molar-refractivity contribution in [2.24, 2.45) is 0 Å². The lowest BCUT2D eigenvalue weighted by atomic mass is 10.0. The second-order valence-corrected chi connectivity index (χ2v) is 9.99. The molecule has 0 bridgehead atoms. The summed E-state index contributed by atoms with van der Waals surface area (Å²) in [5, 5.41) is 7.16. The van der Waals surface area contributed by atoms with E-state index in [2.05, 4.69) is 25.6 Å². The molecule has 2 aliphatic heterocycles. The number of anilines is 1. The lowest BCUT2D eigenvalue weighted by molar-refractivity contribution is -0.122. The van der Waals surface area contributed by atoms with E-state index in [1.807, 2.05) is 19.1 Å². The fourth-order valence-corrected chi connectivity index (χ4v) is 4.86. The van der Waals surface area contributed by atoms with Crippen LogP contribution >= 0.6 is 23.2 Å². The minimum absolute atomic E-state index is 0.0683. The van der Waals surface area contributed by atoms with Gasteiger partial charge in [-0.15, -0.1) is 0 Å². The summed E-state index contributed by atoms with van der Waals surface area (Å²) in [6, 6.07) is 8.81. The Hall–Kier alpha value is -3.27. The van der Waals surface area contributed by atoms with Gasteiger partial charge in [-0.05, 0) is 43.5 Å². The van der Waals surface area contributed by atoms with Crippen LogP contribution in [0.4, 0.5) is 5.95 Å². The number of pyridine rings is 1. The van der Waals surface area contributed by atoms with E-state index in [-0.39, 0.29) is 30.4 Å². The van der Waals surface area contributed by atoms with E-state index in [0.717, 1.165) is 18.4 Å². The van der Waals surface area contributed by atoms with E-state index in [1.165, 1.54) is 4.90 Å². The third-order valence-corrected chi connectivity index (χ3v) is 6.97. The number of carbonyl (C=O) groups is 2. The number of benzene rings is 1. The van der Waals surface area contributed by atoms with Crippen molar-refractivity contribution in [3.05, 3.63) is 69.6 Å². The number of nitrogens with one attached hydrogen (secondary N) is 2. The van der Waals surface area contributed by atoms with Gasteiger partial charge in [0, 0.05) is 48.1 Å². The standard InChI is InChI=1S/C26H26Cl2N6O3/c1-15(22-11-18(27)4-7-29-22)31-23(35)14-34-13-17-3-2-16(10-20(17)25(34)36)24-21(28)12-30-26(33-24)32-19-5-8-37-9-6-19/h2-4,7,10-12,15,19H,5-6,8-9,13-14H2,1H3,(H,31,35)(H,30,32,33)/t15-/m1/s1. The first-order valence-corrected chi connectivity index (χ1v) is 12.8. The average Bonchev–Trinajstić information content (AvgIpc) is 3.20. The molecule has 0 aliphatic carbocycles. The van der Waals surface area contributed by atoms with Gasteiger partial charge in [0.05, 0.1) is 28.6 Å². The summed E-state index contributed by atoms with van der Waals surface area (Å²) >= 11 is 12.5. The topological polar surface area (TPSA) is 109 Å². The Kier molecular flexibility index (Phi) is 7.55. The Morgan fingerprint density at radius 2 is 2.00 bits per heavy atom. The highest BCUT2D eigenvalue weighted by Crippen LogP contribution is 2.31. The molecule has 1 fully saturated rings. The zero-order valence-electron chi connectivity index (χ0n) is 20.2. The predicted molar refractivity (Wildman–Crippen MR) is 140 cm³/mol. The number of nitrogens with zero attached hydrogens (tertiary/aromatic N) is 4. The molecule has 11 heteroatoms. The van der Waals surface area contributed by atoms with Gasteiger partial charge in [0.2, 0.25) is 11.9 Å². The Balaban J connectivity index is 1.27. The van der Waals surface area contributed by atoms with Gasteiger partial charge in [-0.3, -0.25) is 14.6 Å². The van der Waals surface area contributed by atoms with Crippen LogP contribution < -0.4 is 10.6 Å². The van der Waals surface area contributed by atoms with Crippen LogP contribution in [0.1, 0.15) is 47.4 Å². The van der Waals surface area contributed by atoms with E-state index < -0.39 is 0 Å². The normalized spacial score (nSPS) is 16.4. The van der Waals surface area contributed by atoms with Crippen molar-refractivity contribution in [2.75, 3.05) is 25.1 Å². The number of halogens is 2. The number of hydrogen-bond donors (Lipinski definition) is 2. The maximum atomic E-state index is 13.2. The second kappa shape index (κ2) is 11.0. The van der Waals surface area contributed by atoms with Gasteiger partial charge in [-0.25, -0.2) is 9.97 Å². The van der Waals surface area contributed by atoms with Crippen LogP contribution in [0.3, 0.4) is 0 Å². The molecule has 1 atom stereocenters. The molecule has 192 valence electrons.